The van der Waals surface area contributed by atoms with Crippen LogP contribution in [0.4, 0.5) is 5.69 Å². The van der Waals surface area contributed by atoms with Crippen LogP contribution in [0.2, 0.25) is 0 Å². The van der Waals surface area contributed by atoms with Gasteiger partial charge in [-0.1, -0.05) is 18.2 Å². The van der Waals surface area contributed by atoms with Crippen molar-refractivity contribution in [2.24, 2.45) is 0 Å². The molecule has 2 aromatic carbocycles. The summed E-state index contributed by atoms with van der Waals surface area (Å²) < 4.78 is 25.0. The molecule has 0 spiro atoms. The second kappa shape index (κ2) is 6.33. The van der Waals surface area contributed by atoms with Gasteiger partial charge in [0.25, 0.3) is 0 Å². The van der Waals surface area contributed by atoms with Crippen LogP contribution in [-0.2, 0) is 14.6 Å². The van der Waals surface area contributed by atoms with Crippen molar-refractivity contribution in [1.29, 1.82) is 0 Å². The predicted octanol–water partition coefficient (Wildman–Crippen LogP) is 2.90. The lowest BCUT2D eigenvalue weighted by molar-refractivity contribution is -0.113. The van der Waals surface area contributed by atoms with Gasteiger partial charge in [-0.25, -0.2) is 13.4 Å². The van der Waals surface area contributed by atoms with E-state index in [1.165, 1.54) is 0 Å². The normalized spacial score (nSPS) is 11.6. The number of fused-ring (bicyclic) bond motifs is 1. The summed E-state index contributed by atoms with van der Waals surface area (Å²) in [5.74, 6) is -1.26. The molecule has 0 unspecified atom stereocenters. The van der Waals surface area contributed by atoms with E-state index in [9.17, 15) is 13.2 Å². The van der Waals surface area contributed by atoms with Gasteiger partial charge in [0.15, 0.2) is 0 Å². The first-order chi connectivity index (χ1) is 11.7. The molecule has 6 nitrogen and oxygen atoms in total. The van der Waals surface area contributed by atoms with E-state index >= 15 is 0 Å². The highest BCUT2D eigenvalue weighted by molar-refractivity contribution is 7.92. The Morgan fingerprint density at radius 2 is 1.76 bits per heavy atom. The third-order valence-electron chi connectivity index (χ3n) is 3.90. The largest absolute Gasteiger partial charge is 0.329 e. The predicted molar refractivity (Wildman–Crippen MR) is 97.4 cm³/mol. The molecule has 25 heavy (non-hydrogen) atoms. The molecule has 0 bridgehead atoms. The molecule has 1 heterocycles. The highest BCUT2D eigenvalue weighted by Crippen LogP contribution is 2.19. The Balaban J connectivity index is 1.82. The smallest absolute Gasteiger partial charge is 0.240 e. The molecule has 0 saturated carbocycles. The SMILES string of the molecule is Cc1ccc(C)c(NC(=O)CS(=O)(=O)c2nc3ccc(C)cc3[nH]2)c1. The number of rotatable bonds is 4. The minimum Gasteiger partial charge on any atom is -0.329 e. The quantitative estimate of drug-likeness (QED) is 0.751. The van der Waals surface area contributed by atoms with Crippen LogP contribution in [0, 0.1) is 20.8 Å². The molecule has 7 heteroatoms. The molecule has 0 aliphatic rings. The van der Waals surface area contributed by atoms with Crippen molar-refractivity contribution in [3.63, 3.8) is 0 Å². The van der Waals surface area contributed by atoms with E-state index in [4.69, 9.17) is 0 Å². The molecule has 0 saturated heterocycles. The number of nitrogens with zero attached hydrogens (tertiary/aromatic N) is 1. The number of anilines is 1. The summed E-state index contributed by atoms with van der Waals surface area (Å²) in [6, 6.07) is 11.0. The minimum absolute atomic E-state index is 0.191. The second-order valence-corrected chi connectivity index (χ2v) is 8.09. The maximum absolute atomic E-state index is 12.5. The van der Waals surface area contributed by atoms with Crippen LogP contribution in [0.5, 0.6) is 0 Å². The van der Waals surface area contributed by atoms with Crippen molar-refractivity contribution in [2.75, 3.05) is 11.1 Å². The number of aromatic nitrogens is 2. The highest BCUT2D eigenvalue weighted by Gasteiger charge is 2.23. The maximum Gasteiger partial charge on any atom is 0.240 e. The fraction of sp³-hybridized carbons (Fsp3) is 0.222. The standard InChI is InChI=1S/C18H19N3O3S/c1-11-4-6-13(3)15(8-11)19-17(22)10-25(23,24)18-20-14-7-5-12(2)9-16(14)21-18/h4-9H,10H2,1-3H3,(H,19,22)(H,20,21). The van der Waals surface area contributed by atoms with Gasteiger partial charge >= 0.3 is 0 Å². The first kappa shape index (κ1) is 17.2. The Morgan fingerprint density at radius 1 is 1.08 bits per heavy atom. The van der Waals surface area contributed by atoms with Crippen LogP contribution in [0.25, 0.3) is 11.0 Å². The Bertz CT molecular complexity index is 1070. The number of aromatic amines is 1. The number of imidazole rings is 1. The Hall–Kier alpha value is -2.67. The molecular formula is C18H19N3O3S. The summed E-state index contributed by atoms with van der Waals surface area (Å²) in [7, 11) is -3.86. The van der Waals surface area contributed by atoms with Crippen molar-refractivity contribution in [1.82, 2.24) is 9.97 Å². The molecule has 3 aromatic rings. The molecular weight excluding hydrogens is 338 g/mol. The number of amides is 1. The zero-order valence-electron chi connectivity index (χ0n) is 14.3. The summed E-state index contributed by atoms with van der Waals surface area (Å²) in [6.45, 7) is 5.67. The van der Waals surface area contributed by atoms with Crippen LogP contribution in [-0.4, -0.2) is 30.0 Å². The highest BCUT2D eigenvalue weighted by atomic mass is 32.2. The lowest BCUT2D eigenvalue weighted by atomic mass is 10.1. The molecule has 2 N–H and O–H groups in total. The van der Waals surface area contributed by atoms with Gasteiger partial charge in [-0.05, 0) is 55.7 Å². The summed E-state index contributed by atoms with van der Waals surface area (Å²) in [5, 5.41) is 2.47. The number of benzene rings is 2. The van der Waals surface area contributed by atoms with Gasteiger partial charge in [0.05, 0.1) is 11.0 Å². The molecule has 3 rings (SSSR count). The van der Waals surface area contributed by atoms with E-state index in [1.54, 1.807) is 6.07 Å². The van der Waals surface area contributed by atoms with Crippen LogP contribution in [0.3, 0.4) is 0 Å². The van der Waals surface area contributed by atoms with Crippen molar-refractivity contribution >= 4 is 32.5 Å². The third kappa shape index (κ3) is 3.71. The Labute approximate surface area is 146 Å². The van der Waals surface area contributed by atoms with E-state index < -0.39 is 21.5 Å². The number of carbonyl (C=O) groups is 1. The Morgan fingerprint density at radius 3 is 2.52 bits per heavy atom. The fourth-order valence-corrected chi connectivity index (χ4v) is 3.60. The zero-order chi connectivity index (χ0) is 18.2. The average molecular weight is 357 g/mol. The Kier molecular flexibility index (Phi) is 4.34. The molecule has 1 aromatic heterocycles. The molecule has 1 amide bonds. The molecule has 0 atom stereocenters. The fourth-order valence-electron chi connectivity index (χ4n) is 2.55. The number of aryl methyl sites for hydroxylation is 3. The van der Waals surface area contributed by atoms with Crippen molar-refractivity contribution in [3.05, 3.63) is 53.1 Å². The van der Waals surface area contributed by atoms with E-state index in [-0.39, 0.29) is 5.16 Å². The van der Waals surface area contributed by atoms with E-state index in [2.05, 4.69) is 15.3 Å². The number of hydrogen-bond donors (Lipinski definition) is 2. The molecule has 0 fully saturated rings. The third-order valence-corrected chi connectivity index (χ3v) is 5.32. The van der Waals surface area contributed by atoms with Gasteiger partial charge in [-0.15, -0.1) is 0 Å². The first-order valence-corrected chi connectivity index (χ1v) is 9.46. The average Bonchev–Trinajstić information content (AvgIpc) is 2.94. The van der Waals surface area contributed by atoms with E-state index in [1.807, 2.05) is 51.1 Å². The minimum atomic E-state index is -3.86. The van der Waals surface area contributed by atoms with Crippen LogP contribution in [0.1, 0.15) is 16.7 Å². The molecule has 0 aliphatic carbocycles. The van der Waals surface area contributed by atoms with Crippen LogP contribution in [0.15, 0.2) is 41.6 Å². The topological polar surface area (TPSA) is 91.9 Å². The molecule has 0 aliphatic heterocycles. The number of carbonyl (C=O) groups excluding carboxylic acids is 1. The van der Waals surface area contributed by atoms with Gasteiger partial charge in [0, 0.05) is 5.69 Å². The summed E-state index contributed by atoms with van der Waals surface area (Å²) in [5.41, 5.74) is 4.65. The van der Waals surface area contributed by atoms with Gasteiger partial charge in [0.2, 0.25) is 20.9 Å². The monoisotopic (exact) mass is 357 g/mol. The van der Waals surface area contributed by atoms with Gasteiger partial charge in [-0.3, -0.25) is 4.79 Å². The van der Waals surface area contributed by atoms with Crippen LogP contribution < -0.4 is 5.32 Å². The lowest BCUT2D eigenvalue weighted by Crippen LogP contribution is -2.24. The van der Waals surface area contributed by atoms with E-state index in [0.29, 0.717) is 16.7 Å². The zero-order valence-corrected chi connectivity index (χ0v) is 15.1. The van der Waals surface area contributed by atoms with Gasteiger partial charge < -0.3 is 10.3 Å². The van der Waals surface area contributed by atoms with Gasteiger partial charge in [-0.2, -0.15) is 0 Å². The number of hydrogen-bond acceptors (Lipinski definition) is 4. The van der Waals surface area contributed by atoms with Crippen LogP contribution >= 0.6 is 0 Å². The summed E-state index contributed by atoms with van der Waals surface area (Å²) in [6.07, 6.45) is 0. The van der Waals surface area contributed by atoms with Crippen molar-refractivity contribution in [3.8, 4) is 0 Å². The summed E-state index contributed by atoms with van der Waals surface area (Å²) >= 11 is 0. The molecule has 130 valence electrons. The lowest BCUT2D eigenvalue weighted by Gasteiger charge is -2.09. The second-order valence-electron chi connectivity index (χ2n) is 6.19. The number of H-pyrrole nitrogens is 1. The maximum atomic E-state index is 12.5. The number of nitrogens with one attached hydrogen (secondary N) is 2. The molecule has 0 radical (unpaired) electrons. The van der Waals surface area contributed by atoms with Crippen molar-refractivity contribution < 1.29 is 13.2 Å². The van der Waals surface area contributed by atoms with Gasteiger partial charge in [0.1, 0.15) is 5.75 Å². The first-order valence-electron chi connectivity index (χ1n) is 7.81. The van der Waals surface area contributed by atoms with Crippen molar-refractivity contribution in [2.45, 2.75) is 25.9 Å². The number of sulfone groups is 1. The summed E-state index contributed by atoms with van der Waals surface area (Å²) in [4.78, 5) is 19.1. The van der Waals surface area contributed by atoms with E-state index in [0.717, 1.165) is 16.7 Å².